The molecule has 0 bridgehead atoms. The molecule has 10 heteroatoms. The van der Waals surface area contributed by atoms with Crippen molar-refractivity contribution < 1.29 is 24.0 Å². The van der Waals surface area contributed by atoms with Crippen molar-refractivity contribution in [2.24, 2.45) is 0 Å². The lowest BCUT2D eigenvalue weighted by Gasteiger charge is -2.14. The van der Waals surface area contributed by atoms with Gasteiger partial charge in [0.2, 0.25) is 0 Å². The second-order valence-corrected chi connectivity index (χ2v) is 9.36. The van der Waals surface area contributed by atoms with Gasteiger partial charge in [0.15, 0.2) is 11.5 Å². The first-order valence-electron chi connectivity index (χ1n) is 10.4. The van der Waals surface area contributed by atoms with Gasteiger partial charge in [0, 0.05) is 21.7 Å². The number of nitrogens with zero attached hydrogens (tertiary/aromatic N) is 2. The van der Waals surface area contributed by atoms with Crippen LogP contribution >= 0.6 is 27.7 Å². The Morgan fingerprint density at radius 3 is 2.51 bits per heavy atom. The molecule has 1 aliphatic heterocycles. The Kier molecular flexibility index (Phi) is 7.52. The number of amides is 2. The van der Waals surface area contributed by atoms with Crippen LogP contribution in [-0.4, -0.2) is 28.1 Å². The Labute approximate surface area is 213 Å². The van der Waals surface area contributed by atoms with E-state index in [4.69, 9.17) is 9.47 Å². The highest BCUT2D eigenvalue weighted by Crippen LogP contribution is 2.38. The number of nitro benzene ring substituents is 1. The van der Waals surface area contributed by atoms with Crippen LogP contribution in [0.4, 0.5) is 10.5 Å². The first-order valence-corrected chi connectivity index (χ1v) is 12.0. The van der Waals surface area contributed by atoms with Crippen molar-refractivity contribution in [3.8, 4) is 11.5 Å². The lowest BCUT2D eigenvalue weighted by atomic mass is 10.1. The molecule has 0 spiro atoms. The van der Waals surface area contributed by atoms with E-state index in [1.807, 2.05) is 24.3 Å². The molecule has 0 aromatic heterocycles. The van der Waals surface area contributed by atoms with Gasteiger partial charge in [-0.05, 0) is 41.6 Å². The first kappa shape index (κ1) is 24.5. The molecule has 0 saturated carbocycles. The molecule has 0 unspecified atom stereocenters. The van der Waals surface area contributed by atoms with Crippen LogP contribution in [0.5, 0.6) is 11.5 Å². The monoisotopic (exact) mass is 554 g/mol. The van der Waals surface area contributed by atoms with Gasteiger partial charge in [0.05, 0.1) is 23.5 Å². The molecule has 4 rings (SSSR count). The smallest absolute Gasteiger partial charge is 0.293 e. The summed E-state index contributed by atoms with van der Waals surface area (Å²) in [6.45, 7) is 0.0812. The number of para-hydroxylation sites is 2. The molecule has 1 heterocycles. The standard InChI is InChI=1S/C25H19BrN2O6S/c1-33-21-8-4-6-17(23(21)34-15-16-9-11-19(26)12-10-16)13-22-24(29)27(25(30)35-22)14-18-5-2-3-7-20(18)28(31)32/h2-13H,14-15H2,1H3/b22-13-. The van der Waals surface area contributed by atoms with E-state index >= 15 is 0 Å². The van der Waals surface area contributed by atoms with E-state index < -0.39 is 16.1 Å². The Hall–Kier alpha value is -3.63. The lowest BCUT2D eigenvalue weighted by molar-refractivity contribution is -0.385. The number of hydrogen-bond acceptors (Lipinski definition) is 7. The number of hydrogen-bond donors (Lipinski definition) is 0. The Morgan fingerprint density at radius 1 is 1.06 bits per heavy atom. The molecular formula is C25H19BrN2O6S. The Bertz CT molecular complexity index is 1330. The summed E-state index contributed by atoms with van der Waals surface area (Å²) in [6, 6.07) is 19.0. The van der Waals surface area contributed by atoms with E-state index in [1.165, 1.54) is 25.3 Å². The predicted octanol–water partition coefficient (Wildman–Crippen LogP) is 6.18. The number of imide groups is 1. The van der Waals surface area contributed by atoms with Crippen LogP contribution in [-0.2, 0) is 17.9 Å². The summed E-state index contributed by atoms with van der Waals surface area (Å²) in [6.07, 6.45) is 1.57. The third-order valence-corrected chi connectivity index (χ3v) is 6.64. The van der Waals surface area contributed by atoms with Crippen molar-refractivity contribution in [3.05, 3.63) is 103 Å². The van der Waals surface area contributed by atoms with Crippen LogP contribution in [0.1, 0.15) is 16.7 Å². The molecule has 35 heavy (non-hydrogen) atoms. The van der Waals surface area contributed by atoms with Crippen molar-refractivity contribution in [2.75, 3.05) is 7.11 Å². The fraction of sp³-hybridized carbons (Fsp3) is 0.120. The second kappa shape index (κ2) is 10.7. The summed E-state index contributed by atoms with van der Waals surface area (Å²) in [5.41, 5.74) is 1.64. The summed E-state index contributed by atoms with van der Waals surface area (Å²) >= 11 is 4.18. The van der Waals surface area contributed by atoms with Gasteiger partial charge in [0.25, 0.3) is 16.8 Å². The van der Waals surface area contributed by atoms with Crippen molar-refractivity contribution in [2.45, 2.75) is 13.2 Å². The van der Waals surface area contributed by atoms with E-state index in [2.05, 4.69) is 15.9 Å². The Morgan fingerprint density at radius 2 is 1.80 bits per heavy atom. The number of benzene rings is 3. The zero-order valence-corrected chi connectivity index (χ0v) is 20.9. The van der Waals surface area contributed by atoms with Gasteiger partial charge in [-0.15, -0.1) is 0 Å². The van der Waals surface area contributed by atoms with Crippen molar-refractivity contribution >= 4 is 50.6 Å². The van der Waals surface area contributed by atoms with Crippen LogP contribution in [0.15, 0.2) is 76.1 Å². The summed E-state index contributed by atoms with van der Waals surface area (Å²) in [7, 11) is 1.52. The Balaban J connectivity index is 1.60. The molecule has 8 nitrogen and oxygen atoms in total. The number of halogens is 1. The summed E-state index contributed by atoms with van der Waals surface area (Å²) in [5, 5.41) is 10.8. The molecular weight excluding hydrogens is 536 g/mol. The van der Waals surface area contributed by atoms with E-state index in [-0.39, 0.29) is 29.3 Å². The van der Waals surface area contributed by atoms with Gasteiger partial charge < -0.3 is 9.47 Å². The fourth-order valence-electron chi connectivity index (χ4n) is 3.47. The van der Waals surface area contributed by atoms with E-state index in [0.717, 1.165) is 26.7 Å². The summed E-state index contributed by atoms with van der Waals surface area (Å²) in [4.78, 5) is 37.6. The van der Waals surface area contributed by atoms with Crippen LogP contribution in [0.3, 0.4) is 0 Å². The highest BCUT2D eigenvalue weighted by atomic mass is 79.9. The molecule has 0 atom stereocenters. The molecule has 1 fully saturated rings. The van der Waals surface area contributed by atoms with Crippen LogP contribution in [0.25, 0.3) is 6.08 Å². The summed E-state index contributed by atoms with van der Waals surface area (Å²) in [5.74, 6) is 0.387. The number of rotatable bonds is 8. The molecule has 0 N–H and O–H groups in total. The second-order valence-electron chi connectivity index (χ2n) is 7.45. The topological polar surface area (TPSA) is 99.0 Å². The summed E-state index contributed by atoms with van der Waals surface area (Å²) < 4.78 is 12.4. The van der Waals surface area contributed by atoms with Gasteiger partial charge >= 0.3 is 0 Å². The minimum atomic E-state index is -0.532. The molecule has 178 valence electrons. The number of ether oxygens (including phenoxy) is 2. The van der Waals surface area contributed by atoms with Gasteiger partial charge in [-0.25, -0.2) is 0 Å². The van der Waals surface area contributed by atoms with Gasteiger partial charge in [-0.2, -0.15) is 0 Å². The number of thioether (sulfide) groups is 1. The van der Waals surface area contributed by atoms with Crippen LogP contribution < -0.4 is 9.47 Å². The number of carbonyl (C=O) groups excluding carboxylic acids is 2. The van der Waals surface area contributed by atoms with Gasteiger partial charge in [0.1, 0.15) is 6.61 Å². The normalized spacial score (nSPS) is 14.5. The number of carbonyl (C=O) groups is 2. The van der Waals surface area contributed by atoms with E-state index in [0.29, 0.717) is 17.1 Å². The molecule has 1 saturated heterocycles. The van der Waals surface area contributed by atoms with E-state index in [9.17, 15) is 19.7 Å². The zero-order valence-electron chi connectivity index (χ0n) is 18.5. The predicted molar refractivity (Wildman–Crippen MR) is 136 cm³/mol. The van der Waals surface area contributed by atoms with Crippen molar-refractivity contribution in [1.82, 2.24) is 4.90 Å². The molecule has 3 aromatic carbocycles. The first-order chi connectivity index (χ1) is 16.9. The average Bonchev–Trinajstić information content (AvgIpc) is 3.11. The number of nitro groups is 1. The van der Waals surface area contributed by atoms with Crippen LogP contribution in [0.2, 0.25) is 0 Å². The third kappa shape index (κ3) is 5.55. The maximum absolute atomic E-state index is 13.1. The van der Waals surface area contributed by atoms with Crippen molar-refractivity contribution in [3.63, 3.8) is 0 Å². The maximum atomic E-state index is 13.1. The highest BCUT2D eigenvalue weighted by molar-refractivity contribution is 9.10. The minimum Gasteiger partial charge on any atom is -0.493 e. The molecule has 3 aromatic rings. The SMILES string of the molecule is COc1cccc(/C=C2\SC(=O)N(Cc3ccccc3[N+](=O)[O-])C2=O)c1OCc1ccc(Br)cc1. The van der Waals surface area contributed by atoms with Crippen molar-refractivity contribution in [1.29, 1.82) is 0 Å². The average molecular weight is 555 g/mol. The largest absolute Gasteiger partial charge is 0.493 e. The lowest BCUT2D eigenvalue weighted by Crippen LogP contribution is -2.27. The molecule has 1 aliphatic rings. The molecule has 0 aliphatic carbocycles. The van der Waals surface area contributed by atoms with Crippen LogP contribution in [0, 0.1) is 10.1 Å². The molecule has 2 amide bonds. The highest BCUT2D eigenvalue weighted by Gasteiger charge is 2.36. The fourth-order valence-corrected chi connectivity index (χ4v) is 4.56. The third-order valence-electron chi connectivity index (χ3n) is 5.20. The minimum absolute atomic E-state index is 0.146. The van der Waals surface area contributed by atoms with Gasteiger partial charge in [-0.1, -0.05) is 58.4 Å². The maximum Gasteiger partial charge on any atom is 0.293 e. The number of methoxy groups -OCH3 is 1. The molecule has 0 radical (unpaired) electrons. The van der Waals surface area contributed by atoms with Gasteiger partial charge in [-0.3, -0.25) is 24.6 Å². The zero-order chi connectivity index (χ0) is 24.9. The quantitative estimate of drug-likeness (QED) is 0.186. The van der Waals surface area contributed by atoms with E-state index in [1.54, 1.807) is 30.3 Å².